The summed E-state index contributed by atoms with van der Waals surface area (Å²) in [6.07, 6.45) is 0. The molecule has 7 heteroatoms. The number of carbonyl (C=O) groups excluding carboxylic acids is 3. The summed E-state index contributed by atoms with van der Waals surface area (Å²) in [6.45, 7) is 2.24. The molecule has 0 saturated carbocycles. The van der Waals surface area contributed by atoms with E-state index < -0.39 is 17.5 Å². The van der Waals surface area contributed by atoms with Crippen molar-refractivity contribution in [3.63, 3.8) is 0 Å². The van der Waals surface area contributed by atoms with E-state index in [1.54, 1.807) is 12.1 Å². The number of rotatable bonds is 3. The Morgan fingerprint density at radius 2 is 1.90 bits per heavy atom. The van der Waals surface area contributed by atoms with Gasteiger partial charge in [-0.1, -0.05) is 35.6 Å². The summed E-state index contributed by atoms with van der Waals surface area (Å²) in [5.41, 5.74) is 1.65. The molecule has 2 heterocycles. The summed E-state index contributed by atoms with van der Waals surface area (Å²) in [7, 11) is 1.53. The molecule has 4 rings (SSSR count). The van der Waals surface area contributed by atoms with Crippen LogP contribution in [0, 0.1) is 18.8 Å². The highest BCUT2D eigenvalue weighted by Crippen LogP contribution is 2.28. The van der Waals surface area contributed by atoms with Crippen molar-refractivity contribution in [2.45, 2.75) is 19.0 Å². The number of nitrogens with zero attached hydrogens (tertiary/aromatic N) is 1. The minimum atomic E-state index is -1.51. The summed E-state index contributed by atoms with van der Waals surface area (Å²) in [6, 6.07) is 12.2. The van der Waals surface area contributed by atoms with Crippen LogP contribution in [0.15, 0.2) is 42.5 Å². The number of nitrogens with one attached hydrogen (secondary N) is 2. The van der Waals surface area contributed by atoms with Crippen molar-refractivity contribution in [2.24, 2.45) is 0 Å². The van der Waals surface area contributed by atoms with Gasteiger partial charge in [-0.05, 0) is 36.8 Å². The second-order valence-corrected chi connectivity index (χ2v) is 7.11. The molecule has 146 valence electrons. The first-order valence-corrected chi connectivity index (χ1v) is 9.10. The van der Waals surface area contributed by atoms with Gasteiger partial charge in [-0.25, -0.2) is 4.79 Å². The highest BCUT2D eigenvalue weighted by Gasteiger charge is 2.48. The predicted molar refractivity (Wildman–Crippen MR) is 105 cm³/mol. The van der Waals surface area contributed by atoms with Crippen LogP contribution in [0.2, 0.25) is 0 Å². The van der Waals surface area contributed by atoms with E-state index in [0.717, 1.165) is 11.1 Å². The Kier molecular flexibility index (Phi) is 4.47. The molecule has 1 fully saturated rings. The molecule has 4 amide bonds. The van der Waals surface area contributed by atoms with Crippen LogP contribution in [0.4, 0.5) is 4.79 Å². The van der Waals surface area contributed by atoms with Crippen molar-refractivity contribution in [1.82, 2.24) is 15.5 Å². The third-order valence-electron chi connectivity index (χ3n) is 5.04. The number of hydrogen-bond acceptors (Lipinski definition) is 4. The topological polar surface area (TPSA) is 87.7 Å². The number of aryl methyl sites for hydroxylation is 1. The number of fused-ring (bicyclic) bond motifs is 1. The largest absolute Gasteiger partial charge is 0.497 e. The Morgan fingerprint density at radius 3 is 2.55 bits per heavy atom. The lowest BCUT2D eigenvalue weighted by Crippen LogP contribution is -2.54. The van der Waals surface area contributed by atoms with Crippen molar-refractivity contribution in [3.05, 3.63) is 64.7 Å². The summed E-state index contributed by atoms with van der Waals surface area (Å²) in [4.78, 5) is 38.8. The molecule has 2 aliphatic heterocycles. The molecule has 29 heavy (non-hydrogen) atoms. The van der Waals surface area contributed by atoms with Gasteiger partial charge >= 0.3 is 6.03 Å². The Balaban J connectivity index is 1.64. The average molecular weight is 389 g/mol. The number of methoxy groups -OCH3 is 1. The van der Waals surface area contributed by atoms with Crippen LogP contribution in [0.5, 0.6) is 5.75 Å². The van der Waals surface area contributed by atoms with Crippen LogP contribution in [-0.2, 0) is 11.3 Å². The van der Waals surface area contributed by atoms with E-state index in [-0.39, 0.29) is 12.5 Å². The van der Waals surface area contributed by atoms with Crippen LogP contribution in [0.3, 0.4) is 0 Å². The van der Waals surface area contributed by atoms with Gasteiger partial charge in [0.25, 0.3) is 11.8 Å². The predicted octanol–water partition coefficient (Wildman–Crippen LogP) is 1.59. The molecule has 0 spiro atoms. The van der Waals surface area contributed by atoms with Gasteiger partial charge in [-0.15, -0.1) is 0 Å². The number of imide groups is 1. The molecule has 7 nitrogen and oxygen atoms in total. The smallest absolute Gasteiger partial charge is 0.323 e. The molecule has 1 saturated heterocycles. The fourth-order valence-corrected chi connectivity index (χ4v) is 3.43. The van der Waals surface area contributed by atoms with E-state index >= 15 is 0 Å². The lowest BCUT2D eigenvalue weighted by molar-refractivity contribution is -0.122. The first-order chi connectivity index (χ1) is 13.9. The third-order valence-corrected chi connectivity index (χ3v) is 5.04. The molecule has 0 aliphatic carbocycles. The number of hydrogen-bond donors (Lipinski definition) is 2. The molecule has 2 aromatic rings. The summed E-state index contributed by atoms with van der Waals surface area (Å²) in [5.74, 6) is 5.63. The van der Waals surface area contributed by atoms with Gasteiger partial charge in [-0.3, -0.25) is 14.9 Å². The first kappa shape index (κ1) is 18.6. The molecule has 0 unspecified atom stereocenters. The quantitative estimate of drug-likeness (QED) is 0.617. The average Bonchev–Trinajstić information content (AvgIpc) is 3.16. The standard InChI is InChI=1S/C22H19N3O4/c1-14-3-5-15(6-4-14)9-10-22(20(27)23-21(28)24-22)13-25-12-16-7-8-17(29-2)11-18(16)19(25)26/h3-8,11H,12-13H2,1-2H3,(H2,23,24,27,28)/t22-/m1/s1. The summed E-state index contributed by atoms with van der Waals surface area (Å²) >= 11 is 0. The first-order valence-electron chi connectivity index (χ1n) is 9.10. The lowest BCUT2D eigenvalue weighted by atomic mass is 9.99. The molecule has 1 atom stereocenters. The van der Waals surface area contributed by atoms with E-state index in [9.17, 15) is 14.4 Å². The second kappa shape index (κ2) is 6.99. The minimum absolute atomic E-state index is 0.0563. The van der Waals surface area contributed by atoms with Crippen LogP contribution in [0.1, 0.15) is 27.0 Å². The van der Waals surface area contributed by atoms with E-state index in [4.69, 9.17) is 4.74 Å². The maximum absolute atomic E-state index is 12.9. The van der Waals surface area contributed by atoms with Gasteiger partial charge in [0, 0.05) is 17.7 Å². The number of benzene rings is 2. The van der Waals surface area contributed by atoms with Crippen LogP contribution in [-0.4, -0.2) is 41.9 Å². The van der Waals surface area contributed by atoms with Crippen LogP contribution < -0.4 is 15.4 Å². The lowest BCUT2D eigenvalue weighted by Gasteiger charge is -2.26. The number of carbonyl (C=O) groups is 3. The number of ether oxygens (including phenoxy) is 1. The van der Waals surface area contributed by atoms with Gasteiger partial charge in [0.15, 0.2) is 0 Å². The Morgan fingerprint density at radius 1 is 1.14 bits per heavy atom. The zero-order valence-electron chi connectivity index (χ0n) is 16.0. The molecular formula is C22H19N3O4. The van der Waals surface area contributed by atoms with Crippen molar-refractivity contribution in [3.8, 4) is 17.6 Å². The van der Waals surface area contributed by atoms with Gasteiger partial charge in [0.2, 0.25) is 5.54 Å². The van der Waals surface area contributed by atoms with E-state index in [0.29, 0.717) is 23.4 Å². The zero-order valence-corrected chi connectivity index (χ0v) is 16.0. The highest BCUT2D eigenvalue weighted by atomic mass is 16.5. The van der Waals surface area contributed by atoms with Crippen molar-refractivity contribution in [2.75, 3.05) is 13.7 Å². The SMILES string of the molecule is COc1ccc2c(c1)C(=O)N(C[C@@]1(C#Cc3ccc(C)cc3)NC(=O)NC1=O)C2. The van der Waals surface area contributed by atoms with Crippen LogP contribution in [0.25, 0.3) is 0 Å². The van der Waals surface area contributed by atoms with Gasteiger partial charge in [0.05, 0.1) is 13.7 Å². The van der Waals surface area contributed by atoms with Gasteiger partial charge in [0.1, 0.15) is 5.75 Å². The van der Waals surface area contributed by atoms with E-state index in [1.807, 2.05) is 37.3 Å². The molecule has 2 aliphatic rings. The fraction of sp³-hybridized carbons (Fsp3) is 0.227. The maximum atomic E-state index is 12.9. The molecule has 0 aromatic heterocycles. The second-order valence-electron chi connectivity index (χ2n) is 7.11. The highest BCUT2D eigenvalue weighted by molar-refractivity contribution is 6.10. The Labute approximate surface area is 168 Å². The fourth-order valence-electron chi connectivity index (χ4n) is 3.43. The maximum Gasteiger partial charge on any atom is 0.323 e. The molecule has 2 aromatic carbocycles. The van der Waals surface area contributed by atoms with Crippen molar-refractivity contribution >= 4 is 17.8 Å². The van der Waals surface area contributed by atoms with Gasteiger partial charge < -0.3 is 15.0 Å². The summed E-state index contributed by atoms with van der Waals surface area (Å²) < 4.78 is 5.19. The normalized spacial score (nSPS) is 19.9. The number of amides is 4. The van der Waals surface area contributed by atoms with Crippen molar-refractivity contribution < 1.29 is 19.1 Å². The minimum Gasteiger partial charge on any atom is -0.497 e. The van der Waals surface area contributed by atoms with Crippen molar-refractivity contribution in [1.29, 1.82) is 0 Å². The molecular weight excluding hydrogens is 370 g/mol. The Hall–Kier alpha value is -3.79. The van der Waals surface area contributed by atoms with Crippen LogP contribution >= 0.6 is 0 Å². The zero-order chi connectivity index (χ0) is 20.6. The molecule has 0 bridgehead atoms. The van der Waals surface area contributed by atoms with E-state index in [2.05, 4.69) is 22.5 Å². The van der Waals surface area contributed by atoms with E-state index in [1.165, 1.54) is 12.0 Å². The monoisotopic (exact) mass is 389 g/mol. The summed E-state index contributed by atoms with van der Waals surface area (Å²) in [5, 5.41) is 4.84. The van der Waals surface area contributed by atoms with Gasteiger partial charge in [-0.2, -0.15) is 0 Å². The Bertz CT molecular complexity index is 1080. The molecule has 0 radical (unpaired) electrons. The number of urea groups is 1. The molecule has 2 N–H and O–H groups in total. The third kappa shape index (κ3) is 3.41.